The van der Waals surface area contributed by atoms with Crippen LogP contribution in [0.1, 0.15) is 37.7 Å². The van der Waals surface area contributed by atoms with Crippen LogP contribution in [0.15, 0.2) is 34.3 Å². The minimum atomic E-state index is 0.203. The van der Waals surface area contributed by atoms with Crippen LogP contribution in [0.4, 0.5) is 0 Å². The summed E-state index contributed by atoms with van der Waals surface area (Å²) in [6, 6.07) is 5.79. The number of hydrogen-bond acceptors (Lipinski definition) is 2. The Morgan fingerprint density at radius 1 is 1.32 bits per heavy atom. The summed E-state index contributed by atoms with van der Waals surface area (Å²) >= 11 is 3.44. The Morgan fingerprint density at radius 3 is 2.68 bits per heavy atom. The highest BCUT2D eigenvalue weighted by molar-refractivity contribution is 9.10. The van der Waals surface area contributed by atoms with Crippen LogP contribution >= 0.6 is 15.9 Å². The first-order valence-electron chi connectivity index (χ1n) is 6.74. The highest BCUT2D eigenvalue weighted by atomic mass is 79.9. The number of ether oxygens (including phenoxy) is 1. The Morgan fingerprint density at radius 2 is 2.05 bits per heavy atom. The van der Waals surface area contributed by atoms with Gasteiger partial charge in [-0.15, -0.1) is 0 Å². The molecule has 0 bridgehead atoms. The monoisotopic (exact) mass is 322 g/mol. The van der Waals surface area contributed by atoms with E-state index >= 15 is 0 Å². The van der Waals surface area contributed by atoms with Crippen molar-refractivity contribution in [1.82, 2.24) is 0 Å². The van der Waals surface area contributed by atoms with Gasteiger partial charge < -0.3 is 4.74 Å². The molecule has 1 aliphatic carbocycles. The van der Waals surface area contributed by atoms with Crippen molar-refractivity contribution in [2.45, 2.75) is 38.5 Å². The summed E-state index contributed by atoms with van der Waals surface area (Å²) in [5.74, 6) is 0.996. The number of rotatable bonds is 4. The van der Waals surface area contributed by atoms with Crippen LogP contribution in [0.25, 0.3) is 0 Å². The average molecular weight is 323 g/mol. The summed E-state index contributed by atoms with van der Waals surface area (Å²) in [5.41, 5.74) is 2.34. The molecule has 1 aliphatic rings. The molecule has 0 atom stereocenters. The molecule has 2 rings (SSSR count). The Kier molecular flexibility index (Phi) is 5.20. The molecule has 1 saturated carbocycles. The summed E-state index contributed by atoms with van der Waals surface area (Å²) in [4.78, 5) is 12.0. The topological polar surface area (TPSA) is 26.3 Å². The largest absolute Gasteiger partial charge is 0.496 e. The van der Waals surface area contributed by atoms with Crippen LogP contribution in [0.2, 0.25) is 0 Å². The molecular formula is C16H19BrO2. The number of benzene rings is 1. The van der Waals surface area contributed by atoms with E-state index in [9.17, 15) is 4.79 Å². The summed E-state index contributed by atoms with van der Waals surface area (Å²) in [6.07, 6.45) is 8.27. The fraction of sp³-hybridized carbons (Fsp3) is 0.438. The molecule has 0 aliphatic heterocycles. The minimum absolute atomic E-state index is 0.203. The van der Waals surface area contributed by atoms with Gasteiger partial charge in [0, 0.05) is 6.42 Å². The van der Waals surface area contributed by atoms with Crippen molar-refractivity contribution in [3.63, 3.8) is 0 Å². The molecule has 0 heterocycles. The van der Waals surface area contributed by atoms with Crippen molar-refractivity contribution >= 4 is 21.7 Å². The van der Waals surface area contributed by atoms with E-state index in [4.69, 9.17) is 4.74 Å². The van der Waals surface area contributed by atoms with Gasteiger partial charge >= 0.3 is 0 Å². The van der Waals surface area contributed by atoms with E-state index in [0.717, 1.165) is 28.6 Å². The molecule has 0 unspecified atom stereocenters. The van der Waals surface area contributed by atoms with E-state index in [1.807, 2.05) is 24.3 Å². The first-order valence-corrected chi connectivity index (χ1v) is 7.53. The molecule has 1 aromatic carbocycles. The fourth-order valence-corrected chi connectivity index (χ4v) is 3.04. The van der Waals surface area contributed by atoms with Crippen molar-refractivity contribution in [1.29, 1.82) is 0 Å². The Balaban J connectivity index is 2.00. The lowest BCUT2D eigenvalue weighted by Gasteiger charge is -2.13. The van der Waals surface area contributed by atoms with Crippen molar-refractivity contribution in [3.8, 4) is 5.75 Å². The van der Waals surface area contributed by atoms with E-state index in [0.29, 0.717) is 6.42 Å². The number of ketones is 1. The molecule has 2 nitrogen and oxygen atoms in total. The maximum atomic E-state index is 12.0. The highest BCUT2D eigenvalue weighted by Crippen LogP contribution is 2.26. The Labute approximate surface area is 123 Å². The van der Waals surface area contributed by atoms with Crippen molar-refractivity contribution in [2.75, 3.05) is 7.11 Å². The maximum Gasteiger partial charge on any atom is 0.160 e. The quantitative estimate of drug-likeness (QED) is 0.765. The molecule has 3 heteroatoms. The predicted molar refractivity (Wildman–Crippen MR) is 80.6 cm³/mol. The number of allylic oxidation sites excluding steroid dienone is 2. The normalized spacial score (nSPS) is 15.2. The van der Waals surface area contributed by atoms with Crippen molar-refractivity contribution in [2.24, 2.45) is 0 Å². The first kappa shape index (κ1) is 14.3. The zero-order chi connectivity index (χ0) is 13.7. The third-order valence-corrected chi connectivity index (χ3v) is 4.08. The van der Waals surface area contributed by atoms with Gasteiger partial charge in [0.15, 0.2) is 5.78 Å². The van der Waals surface area contributed by atoms with Gasteiger partial charge in [0.1, 0.15) is 5.75 Å². The van der Waals surface area contributed by atoms with E-state index in [2.05, 4.69) is 15.9 Å². The zero-order valence-electron chi connectivity index (χ0n) is 11.2. The highest BCUT2D eigenvalue weighted by Gasteiger charge is 2.09. The number of carbonyl (C=O) groups excluding carboxylic acids is 1. The molecule has 0 N–H and O–H groups in total. The second kappa shape index (κ2) is 6.90. The lowest BCUT2D eigenvalue weighted by atomic mass is 9.93. The molecule has 0 radical (unpaired) electrons. The number of halogens is 1. The smallest absolute Gasteiger partial charge is 0.160 e. The van der Waals surface area contributed by atoms with Gasteiger partial charge in [0.2, 0.25) is 0 Å². The van der Waals surface area contributed by atoms with Crippen molar-refractivity contribution < 1.29 is 9.53 Å². The van der Waals surface area contributed by atoms with Crippen LogP contribution in [0.5, 0.6) is 5.75 Å². The average Bonchev–Trinajstić information content (AvgIpc) is 2.40. The van der Waals surface area contributed by atoms with Gasteiger partial charge in [-0.25, -0.2) is 0 Å². The molecule has 1 aromatic rings. The van der Waals surface area contributed by atoms with Crippen LogP contribution in [0.3, 0.4) is 0 Å². The Hall–Kier alpha value is -1.09. The number of methoxy groups -OCH3 is 1. The van der Waals surface area contributed by atoms with E-state index in [1.54, 1.807) is 7.11 Å². The lowest BCUT2D eigenvalue weighted by molar-refractivity contribution is -0.114. The van der Waals surface area contributed by atoms with Gasteiger partial charge in [-0.2, -0.15) is 0 Å². The molecule has 0 saturated heterocycles. The third kappa shape index (κ3) is 4.20. The van der Waals surface area contributed by atoms with Gasteiger partial charge in [-0.1, -0.05) is 18.1 Å². The van der Waals surface area contributed by atoms with Gasteiger partial charge in [0.05, 0.1) is 11.6 Å². The fourth-order valence-electron chi connectivity index (χ4n) is 2.45. The third-order valence-electron chi connectivity index (χ3n) is 3.46. The first-order chi connectivity index (χ1) is 9.19. The molecule has 102 valence electrons. The van der Waals surface area contributed by atoms with Gasteiger partial charge in [-0.05, 0) is 65.4 Å². The molecular weight excluding hydrogens is 304 g/mol. The van der Waals surface area contributed by atoms with Crippen LogP contribution in [0, 0.1) is 0 Å². The molecule has 0 spiro atoms. The number of carbonyl (C=O) groups is 1. The second-order valence-electron chi connectivity index (χ2n) is 4.98. The summed E-state index contributed by atoms with van der Waals surface area (Å²) < 4.78 is 6.08. The summed E-state index contributed by atoms with van der Waals surface area (Å²) in [6.45, 7) is 0. The van der Waals surface area contributed by atoms with Gasteiger partial charge in [0.25, 0.3) is 0 Å². The van der Waals surface area contributed by atoms with Crippen LogP contribution in [-0.2, 0) is 11.2 Å². The second-order valence-corrected chi connectivity index (χ2v) is 5.83. The standard InChI is InChI=1S/C16H19BrO2/c1-19-16-8-7-13(11-15(16)17)10-14(18)9-12-5-3-2-4-6-12/h7-9,11H,2-6,10H2,1H3. The lowest BCUT2D eigenvalue weighted by Crippen LogP contribution is -2.03. The van der Waals surface area contributed by atoms with E-state index in [-0.39, 0.29) is 5.78 Å². The van der Waals surface area contributed by atoms with Crippen LogP contribution < -0.4 is 4.74 Å². The van der Waals surface area contributed by atoms with Gasteiger partial charge in [-0.3, -0.25) is 4.79 Å². The van der Waals surface area contributed by atoms with E-state index in [1.165, 1.54) is 24.8 Å². The van der Waals surface area contributed by atoms with E-state index < -0.39 is 0 Å². The summed E-state index contributed by atoms with van der Waals surface area (Å²) in [5, 5.41) is 0. The number of hydrogen-bond donors (Lipinski definition) is 0. The van der Waals surface area contributed by atoms with Crippen molar-refractivity contribution in [3.05, 3.63) is 39.9 Å². The molecule has 19 heavy (non-hydrogen) atoms. The van der Waals surface area contributed by atoms with Crippen LogP contribution in [-0.4, -0.2) is 12.9 Å². The Bertz CT molecular complexity index is 484. The SMILES string of the molecule is COc1ccc(CC(=O)C=C2CCCCC2)cc1Br. The maximum absolute atomic E-state index is 12.0. The molecule has 0 aromatic heterocycles. The minimum Gasteiger partial charge on any atom is -0.496 e. The zero-order valence-corrected chi connectivity index (χ0v) is 12.8. The summed E-state index contributed by atoms with van der Waals surface area (Å²) in [7, 11) is 1.64. The predicted octanol–water partition coefficient (Wildman–Crippen LogP) is 4.46. The molecule has 0 amide bonds. The molecule has 1 fully saturated rings.